The number of aryl methyl sites for hydroxylation is 1. The second kappa shape index (κ2) is 7.45. The van der Waals surface area contributed by atoms with Crippen molar-refractivity contribution in [2.45, 2.75) is 37.9 Å². The first-order valence-corrected chi connectivity index (χ1v) is 7.25. The number of carbonyl (C=O) groups is 1. The van der Waals surface area contributed by atoms with E-state index in [4.69, 9.17) is 4.74 Å². The van der Waals surface area contributed by atoms with Crippen LogP contribution in [0.5, 0.6) is 0 Å². The van der Waals surface area contributed by atoms with Crippen LogP contribution in [0.1, 0.15) is 25.8 Å². The van der Waals surface area contributed by atoms with Crippen LogP contribution in [0.4, 0.5) is 0 Å². The zero-order valence-electron chi connectivity index (χ0n) is 11.9. The standard InChI is InChI=1S/C13H21N3O2S/c1-5-16-13(3,11(17)18-4)6-7-19-12-14-8-10(2)9-15-12/h8-9,16H,5-7H2,1-4H3. The van der Waals surface area contributed by atoms with Crippen LogP contribution in [0, 0.1) is 6.92 Å². The van der Waals surface area contributed by atoms with E-state index < -0.39 is 5.54 Å². The van der Waals surface area contributed by atoms with Gasteiger partial charge in [0.15, 0.2) is 5.16 Å². The summed E-state index contributed by atoms with van der Waals surface area (Å²) in [4.78, 5) is 20.2. The lowest BCUT2D eigenvalue weighted by Gasteiger charge is -2.27. The van der Waals surface area contributed by atoms with Gasteiger partial charge in [-0.3, -0.25) is 4.79 Å². The summed E-state index contributed by atoms with van der Waals surface area (Å²) in [6.07, 6.45) is 4.24. The third-order valence-electron chi connectivity index (χ3n) is 2.79. The number of thioether (sulfide) groups is 1. The Morgan fingerprint density at radius 3 is 2.63 bits per heavy atom. The Morgan fingerprint density at radius 2 is 2.11 bits per heavy atom. The van der Waals surface area contributed by atoms with Crippen molar-refractivity contribution in [2.24, 2.45) is 0 Å². The molecule has 106 valence electrons. The van der Waals surface area contributed by atoms with Gasteiger partial charge in [0.1, 0.15) is 5.54 Å². The molecular formula is C13H21N3O2S. The average Bonchev–Trinajstić information content (AvgIpc) is 2.40. The summed E-state index contributed by atoms with van der Waals surface area (Å²) >= 11 is 1.54. The number of nitrogens with one attached hydrogen (secondary N) is 1. The van der Waals surface area contributed by atoms with Crippen LogP contribution in [-0.2, 0) is 9.53 Å². The van der Waals surface area contributed by atoms with Crippen molar-refractivity contribution in [3.8, 4) is 0 Å². The van der Waals surface area contributed by atoms with E-state index in [1.807, 2.05) is 20.8 Å². The molecule has 19 heavy (non-hydrogen) atoms. The predicted octanol–water partition coefficient (Wildman–Crippen LogP) is 1.81. The SMILES string of the molecule is CCNC(C)(CCSc1ncc(C)cn1)C(=O)OC. The van der Waals surface area contributed by atoms with E-state index in [2.05, 4.69) is 15.3 Å². The quantitative estimate of drug-likeness (QED) is 0.468. The van der Waals surface area contributed by atoms with E-state index in [-0.39, 0.29) is 5.97 Å². The van der Waals surface area contributed by atoms with E-state index in [0.717, 1.165) is 23.0 Å². The van der Waals surface area contributed by atoms with Crippen molar-refractivity contribution in [3.63, 3.8) is 0 Å². The zero-order chi connectivity index (χ0) is 14.3. The number of aromatic nitrogens is 2. The molecular weight excluding hydrogens is 262 g/mol. The molecule has 1 N–H and O–H groups in total. The van der Waals surface area contributed by atoms with Gasteiger partial charge < -0.3 is 10.1 Å². The van der Waals surface area contributed by atoms with E-state index in [9.17, 15) is 4.79 Å². The summed E-state index contributed by atoms with van der Waals surface area (Å²) in [5, 5.41) is 3.91. The molecule has 1 unspecified atom stereocenters. The number of hydrogen-bond acceptors (Lipinski definition) is 6. The van der Waals surface area contributed by atoms with Crippen molar-refractivity contribution in [1.82, 2.24) is 15.3 Å². The molecule has 0 radical (unpaired) electrons. The molecule has 0 bridgehead atoms. The fraction of sp³-hybridized carbons (Fsp3) is 0.615. The molecule has 1 rings (SSSR count). The molecule has 0 amide bonds. The average molecular weight is 283 g/mol. The highest BCUT2D eigenvalue weighted by molar-refractivity contribution is 7.99. The summed E-state index contributed by atoms with van der Waals surface area (Å²) in [6, 6.07) is 0. The third-order valence-corrected chi connectivity index (χ3v) is 3.67. The first-order chi connectivity index (χ1) is 9.01. The summed E-state index contributed by atoms with van der Waals surface area (Å²) in [6.45, 7) is 6.50. The molecule has 0 saturated carbocycles. The lowest BCUT2D eigenvalue weighted by molar-refractivity contribution is -0.147. The highest BCUT2D eigenvalue weighted by Gasteiger charge is 2.32. The van der Waals surface area contributed by atoms with Gasteiger partial charge in [-0.25, -0.2) is 9.97 Å². The number of hydrogen-bond donors (Lipinski definition) is 1. The Hall–Kier alpha value is -1.14. The lowest BCUT2D eigenvalue weighted by Crippen LogP contribution is -2.50. The number of methoxy groups -OCH3 is 1. The van der Waals surface area contributed by atoms with Gasteiger partial charge in [0.25, 0.3) is 0 Å². The van der Waals surface area contributed by atoms with E-state index >= 15 is 0 Å². The number of carbonyl (C=O) groups excluding carboxylic acids is 1. The fourth-order valence-corrected chi connectivity index (χ4v) is 2.63. The lowest BCUT2D eigenvalue weighted by atomic mass is 9.99. The molecule has 1 heterocycles. The van der Waals surface area contributed by atoms with Gasteiger partial charge in [-0.2, -0.15) is 0 Å². The van der Waals surface area contributed by atoms with E-state index in [1.165, 1.54) is 18.9 Å². The maximum Gasteiger partial charge on any atom is 0.325 e. The number of ether oxygens (including phenoxy) is 1. The Morgan fingerprint density at radius 1 is 1.47 bits per heavy atom. The van der Waals surface area contributed by atoms with Gasteiger partial charge in [-0.15, -0.1) is 0 Å². The first kappa shape index (κ1) is 15.9. The van der Waals surface area contributed by atoms with Crippen LogP contribution >= 0.6 is 11.8 Å². The van der Waals surface area contributed by atoms with Crippen LogP contribution in [-0.4, -0.2) is 40.9 Å². The van der Waals surface area contributed by atoms with Gasteiger partial charge in [0.05, 0.1) is 7.11 Å². The minimum atomic E-state index is -0.652. The van der Waals surface area contributed by atoms with Crippen molar-refractivity contribution in [1.29, 1.82) is 0 Å². The van der Waals surface area contributed by atoms with Crippen LogP contribution in [0.3, 0.4) is 0 Å². The number of esters is 1. The highest BCUT2D eigenvalue weighted by Crippen LogP contribution is 2.19. The molecule has 1 aromatic heterocycles. The number of rotatable bonds is 7. The Labute approximate surface area is 118 Å². The van der Waals surface area contributed by atoms with Crippen LogP contribution in [0.2, 0.25) is 0 Å². The number of nitrogens with zero attached hydrogens (tertiary/aromatic N) is 2. The van der Waals surface area contributed by atoms with Crippen molar-refractivity contribution in [2.75, 3.05) is 19.4 Å². The molecule has 0 saturated heterocycles. The van der Waals surface area contributed by atoms with Gasteiger partial charge in [-0.1, -0.05) is 18.7 Å². The first-order valence-electron chi connectivity index (χ1n) is 6.26. The molecule has 6 heteroatoms. The summed E-state index contributed by atoms with van der Waals surface area (Å²) in [5.74, 6) is 0.515. The maximum atomic E-state index is 11.8. The Balaban J connectivity index is 2.52. The second-order valence-corrected chi connectivity index (χ2v) is 5.56. The summed E-state index contributed by atoms with van der Waals surface area (Å²) in [5.41, 5.74) is 0.387. The smallest absolute Gasteiger partial charge is 0.325 e. The Bertz CT molecular complexity index is 411. The Kier molecular flexibility index (Phi) is 6.24. The highest BCUT2D eigenvalue weighted by atomic mass is 32.2. The maximum absolute atomic E-state index is 11.8. The number of likely N-dealkylation sites (N-methyl/N-ethyl adjacent to an activating group) is 1. The minimum absolute atomic E-state index is 0.236. The second-order valence-electron chi connectivity index (χ2n) is 4.50. The largest absolute Gasteiger partial charge is 0.468 e. The molecule has 0 aromatic carbocycles. The van der Waals surface area contributed by atoms with Crippen molar-refractivity contribution in [3.05, 3.63) is 18.0 Å². The topological polar surface area (TPSA) is 64.1 Å². The molecule has 0 aliphatic heterocycles. The van der Waals surface area contributed by atoms with Gasteiger partial charge in [0.2, 0.25) is 0 Å². The molecule has 1 aromatic rings. The van der Waals surface area contributed by atoms with Gasteiger partial charge in [0, 0.05) is 18.1 Å². The zero-order valence-corrected chi connectivity index (χ0v) is 12.7. The van der Waals surface area contributed by atoms with Crippen LogP contribution in [0.15, 0.2) is 17.6 Å². The van der Waals surface area contributed by atoms with Crippen LogP contribution in [0.25, 0.3) is 0 Å². The molecule has 0 aliphatic rings. The van der Waals surface area contributed by atoms with E-state index in [1.54, 1.807) is 12.4 Å². The molecule has 0 aliphatic carbocycles. The summed E-state index contributed by atoms with van der Waals surface area (Å²) in [7, 11) is 1.41. The fourth-order valence-electron chi connectivity index (χ4n) is 1.68. The molecule has 5 nitrogen and oxygen atoms in total. The van der Waals surface area contributed by atoms with Gasteiger partial charge in [-0.05, 0) is 32.4 Å². The summed E-state index contributed by atoms with van der Waals surface area (Å²) < 4.78 is 4.84. The van der Waals surface area contributed by atoms with Gasteiger partial charge >= 0.3 is 5.97 Å². The van der Waals surface area contributed by atoms with Crippen LogP contribution < -0.4 is 5.32 Å². The van der Waals surface area contributed by atoms with Crippen molar-refractivity contribution < 1.29 is 9.53 Å². The van der Waals surface area contributed by atoms with E-state index in [0.29, 0.717) is 6.42 Å². The molecule has 1 atom stereocenters. The van der Waals surface area contributed by atoms with Crippen molar-refractivity contribution >= 4 is 17.7 Å². The molecule has 0 spiro atoms. The normalized spacial score (nSPS) is 13.9. The molecule has 0 fully saturated rings. The third kappa shape index (κ3) is 4.80. The monoisotopic (exact) mass is 283 g/mol. The minimum Gasteiger partial charge on any atom is -0.468 e. The predicted molar refractivity (Wildman–Crippen MR) is 76.2 cm³/mol.